The average Bonchev–Trinajstić information content (AvgIpc) is 2.28. The van der Waals surface area contributed by atoms with E-state index in [1.807, 2.05) is 6.92 Å². The van der Waals surface area contributed by atoms with Gasteiger partial charge in [-0.05, 0) is 12.5 Å². The summed E-state index contributed by atoms with van der Waals surface area (Å²) in [5.74, 6) is -1.29. The van der Waals surface area contributed by atoms with Gasteiger partial charge in [0.1, 0.15) is 0 Å². The first-order chi connectivity index (χ1) is 7.54. The lowest BCUT2D eigenvalue weighted by molar-refractivity contribution is -0.115. The monoisotopic (exact) mass is 286 g/mol. The zero-order chi connectivity index (χ0) is 12.1. The van der Waals surface area contributed by atoms with Crippen LogP contribution in [0, 0.1) is 0 Å². The molecule has 0 fully saturated rings. The lowest BCUT2D eigenvalue weighted by Gasteiger charge is -2.08. The summed E-state index contributed by atoms with van der Waals surface area (Å²) >= 11 is 3.20. The van der Waals surface area contributed by atoms with E-state index in [9.17, 15) is 9.59 Å². The van der Waals surface area contributed by atoms with Crippen LogP contribution >= 0.6 is 15.9 Å². The molecule has 1 amide bonds. The smallest absolute Gasteiger partial charge is 0.337 e. The molecule has 16 heavy (non-hydrogen) atoms. The summed E-state index contributed by atoms with van der Waals surface area (Å²) < 4.78 is 0. The zero-order valence-electron chi connectivity index (χ0n) is 8.61. The van der Waals surface area contributed by atoms with Crippen molar-refractivity contribution < 1.29 is 14.7 Å². The number of nitrogens with one attached hydrogen (secondary N) is 1. The minimum atomic E-state index is -1.07. The summed E-state index contributed by atoms with van der Waals surface area (Å²) in [5, 5.41) is 11.3. The number of amides is 1. The number of hydrogen-bond donors (Lipinski definition) is 2. The van der Waals surface area contributed by atoms with Crippen LogP contribution in [0.2, 0.25) is 0 Å². The van der Waals surface area contributed by atoms with Crippen LogP contribution in [0.15, 0.2) is 18.5 Å². The minimum absolute atomic E-state index is 0.0421. The number of aromatic nitrogens is 1. The van der Waals surface area contributed by atoms with Crippen LogP contribution in [0.1, 0.15) is 23.7 Å². The molecule has 5 nitrogen and oxygen atoms in total. The molecule has 0 aliphatic heterocycles. The Balaban J connectivity index is 2.78. The van der Waals surface area contributed by atoms with Gasteiger partial charge in [-0.25, -0.2) is 4.79 Å². The molecule has 0 aromatic carbocycles. The van der Waals surface area contributed by atoms with E-state index in [1.165, 1.54) is 18.5 Å². The van der Waals surface area contributed by atoms with Gasteiger partial charge in [0.2, 0.25) is 5.91 Å². The summed E-state index contributed by atoms with van der Waals surface area (Å²) in [6.07, 6.45) is 3.28. The Labute approximate surface area is 101 Å². The molecule has 2 N–H and O–H groups in total. The highest BCUT2D eigenvalue weighted by molar-refractivity contribution is 9.10. The predicted octanol–water partition coefficient (Wildman–Crippen LogP) is 1.89. The van der Waals surface area contributed by atoms with Crippen molar-refractivity contribution in [3.63, 3.8) is 0 Å². The van der Waals surface area contributed by atoms with Crippen molar-refractivity contribution in [1.29, 1.82) is 0 Å². The Morgan fingerprint density at radius 1 is 1.56 bits per heavy atom. The van der Waals surface area contributed by atoms with Crippen LogP contribution in [0.4, 0.5) is 5.69 Å². The number of anilines is 1. The van der Waals surface area contributed by atoms with Gasteiger partial charge in [-0.2, -0.15) is 0 Å². The highest BCUT2D eigenvalue weighted by atomic mass is 79.9. The van der Waals surface area contributed by atoms with Gasteiger partial charge >= 0.3 is 5.97 Å². The molecule has 0 aliphatic carbocycles. The Bertz CT molecular complexity index is 409. The van der Waals surface area contributed by atoms with Crippen LogP contribution in [-0.4, -0.2) is 26.8 Å². The van der Waals surface area contributed by atoms with Crippen molar-refractivity contribution in [3.05, 3.63) is 24.0 Å². The van der Waals surface area contributed by atoms with E-state index in [4.69, 9.17) is 5.11 Å². The number of rotatable bonds is 4. The maximum atomic E-state index is 11.5. The van der Waals surface area contributed by atoms with Gasteiger partial charge in [0, 0.05) is 6.20 Å². The molecule has 0 radical (unpaired) electrons. The quantitative estimate of drug-likeness (QED) is 0.829. The summed E-state index contributed by atoms with van der Waals surface area (Å²) in [4.78, 5) is 25.6. The maximum absolute atomic E-state index is 11.5. The first-order valence-corrected chi connectivity index (χ1v) is 5.59. The maximum Gasteiger partial charge on any atom is 0.337 e. The normalized spacial score (nSPS) is 11.9. The van der Waals surface area contributed by atoms with E-state index in [0.717, 1.165) is 0 Å². The lowest BCUT2D eigenvalue weighted by Crippen LogP contribution is -2.22. The van der Waals surface area contributed by atoms with Gasteiger partial charge in [0.15, 0.2) is 0 Å². The van der Waals surface area contributed by atoms with Crippen molar-refractivity contribution in [2.45, 2.75) is 18.2 Å². The van der Waals surface area contributed by atoms with Crippen LogP contribution in [0.3, 0.4) is 0 Å². The summed E-state index contributed by atoms with van der Waals surface area (Å²) in [5.41, 5.74) is 0.420. The number of carboxylic acid groups (broad SMARTS) is 1. The van der Waals surface area contributed by atoms with Crippen LogP contribution < -0.4 is 5.32 Å². The third kappa shape index (κ3) is 3.30. The van der Waals surface area contributed by atoms with E-state index in [0.29, 0.717) is 12.1 Å². The summed E-state index contributed by atoms with van der Waals surface area (Å²) in [6.45, 7) is 1.87. The number of alkyl halides is 1. The van der Waals surface area contributed by atoms with Crippen molar-refractivity contribution in [1.82, 2.24) is 4.98 Å². The van der Waals surface area contributed by atoms with E-state index in [1.54, 1.807) is 0 Å². The lowest BCUT2D eigenvalue weighted by atomic mass is 10.2. The number of nitrogens with zero attached hydrogens (tertiary/aromatic N) is 1. The highest BCUT2D eigenvalue weighted by Gasteiger charge is 2.13. The second-order valence-corrected chi connectivity index (χ2v) is 4.24. The molecule has 0 saturated carbocycles. The van der Waals surface area contributed by atoms with Gasteiger partial charge in [-0.3, -0.25) is 9.78 Å². The molecule has 1 heterocycles. The Hall–Kier alpha value is -1.43. The third-order valence-corrected chi connectivity index (χ3v) is 2.96. The van der Waals surface area contributed by atoms with Gasteiger partial charge in [0.05, 0.1) is 22.3 Å². The third-order valence-electron chi connectivity index (χ3n) is 1.90. The zero-order valence-corrected chi connectivity index (χ0v) is 10.2. The Morgan fingerprint density at radius 2 is 2.25 bits per heavy atom. The van der Waals surface area contributed by atoms with Crippen molar-refractivity contribution in [2.24, 2.45) is 0 Å². The highest BCUT2D eigenvalue weighted by Crippen LogP contribution is 2.12. The fraction of sp³-hybridized carbons (Fsp3) is 0.300. The summed E-state index contributed by atoms with van der Waals surface area (Å²) in [7, 11) is 0. The Kier molecular flexibility index (Phi) is 4.42. The molecular weight excluding hydrogens is 276 g/mol. The number of carbonyl (C=O) groups is 2. The van der Waals surface area contributed by atoms with Crippen molar-refractivity contribution in [2.75, 3.05) is 5.32 Å². The standard InChI is InChI=1S/C10H11BrN2O3/c1-2-8(11)9(14)13-7-3-6(10(15)16)4-12-5-7/h3-5,8H,2H2,1H3,(H,13,14)(H,15,16). The van der Waals surface area contributed by atoms with Crippen LogP contribution in [0.5, 0.6) is 0 Å². The van der Waals surface area contributed by atoms with Crippen molar-refractivity contribution >= 4 is 33.5 Å². The molecule has 1 atom stereocenters. The van der Waals surface area contributed by atoms with E-state index >= 15 is 0 Å². The first kappa shape index (κ1) is 12.6. The molecule has 0 spiro atoms. The number of halogens is 1. The Morgan fingerprint density at radius 3 is 2.81 bits per heavy atom. The average molecular weight is 287 g/mol. The van der Waals surface area contributed by atoms with Gasteiger partial charge in [0.25, 0.3) is 0 Å². The van der Waals surface area contributed by atoms with Crippen LogP contribution in [-0.2, 0) is 4.79 Å². The molecular formula is C10H11BrN2O3. The topological polar surface area (TPSA) is 79.3 Å². The molecule has 0 bridgehead atoms. The fourth-order valence-corrected chi connectivity index (χ4v) is 1.15. The van der Waals surface area contributed by atoms with E-state index in [2.05, 4.69) is 26.2 Å². The number of pyridine rings is 1. The van der Waals surface area contributed by atoms with E-state index < -0.39 is 5.97 Å². The number of hydrogen-bond acceptors (Lipinski definition) is 3. The minimum Gasteiger partial charge on any atom is -0.478 e. The van der Waals surface area contributed by atoms with Crippen LogP contribution in [0.25, 0.3) is 0 Å². The molecule has 1 rings (SSSR count). The number of carboxylic acids is 1. The fourth-order valence-electron chi connectivity index (χ4n) is 1.03. The SMILES string of the molecule is CCC(Br)C(=O)Nc1cncc(C(=O)O)c1. The number of aromatic carboxylic acids is 1. The largest absolute Gasteiger partial charge is 0.478 e. The second kappa shape index (κ2) is 5.60. The van der Waals surface area contributed by atoms with Gasteiger partial charge in [-0.1, -0.05) is 22.9 Å². The van der Waals surface area contributed by atoms with Crippen molar-refractivity contribution in [3.8, 4) is 0 Å². The van der Waals surface area contributed by atoms with E-state index in [-0.39, 0.29) is 16.3 Å². The first-order valence-electron chi connectivity index (χ1n) is 4.68. The molecule has 6 heteroatoms. The van der Waals surface area contributed by atoms with Gasteiger partial charge in [-0.15, -0.1) is 0 Å². The number of carbonyl (C=O) groups excluding carboxylic acids is 1. The molecule has 1 aromatic rings. The molecule has 0 aliphatic rings. The molecule has 0 saturated heterocycles. The van der Waals surface area contributed by atoms with Gasteiger partial charge < -0.3 is 10.4 Å². The summed E-state index contributed by atoms with van der Waals surface area (Å²) in [6, 6.07) is 1.36. The molecule has 86 valence electrons. The predicted molar refractivity (Wildman–Crippen MR) is 62.8 cm³/mol. The molecule has 1 aromatic heterocycles. The second-order valence-electron chi connectivity index (χ2n) is 3.13. The molecule has 1 unspecified atom stereocenters.